The average Bonchev–Trinajstić information content (AvgIpc) is 3.29. The van der Waals surface area contributed by atoms with E-state index >= 15 is 0 Å². The Balaban J connectivity index is 1.36. The molecule has 0 amide bonds. The van der Waals surface area contributed by atoms with Gasteiger partial charge in [0.05, 0.1) is 15.9 Å². The predicted octanol–water partition coefficient (Wildman–Crippen LogP) is 1.51. The lowest BCUT2D eigenvalue weighted by atomic mass is 10.3. The van der Waals surface area contributed by atoms with E-state index in [9.17, 15) is 13.2 Å². The van der Waals surface area contributed by atoms with Crippen LogP contribution in [0.15, 0.2) is 56.6 Å². The van der Waals surface area contributed by atoms with Crippen LogP contribution in [0.1, 0.15) is 0 Å². The highest BCUT2D eigenvalue weighted by Crippen LogP contribution is 2.25. The lowest BCUT2D eigenvalue weighted by molar-refractivity contribution is 0.374. The van der Waals surface area contributed by atoms with Crippen LogP contribution in [0.4, 0.5) is 6.01 Å². The molecule has 0 saturated carbocycles. The number of fused-ring (bicyclic) bond motifs is 2. The normalized spacial score (nSPS) is 16.2. The Morgan fingerprint density at radius 3 is 2.50 bits per heavy atom. The lowest BCUT2D eigenvalue weighted by Crippen LogP contribution is -2.48. The molecule has 1 aliphatic heterocycles. The van der Waals surface area contributed by atoms with Crippen LogP contribution in [0.5, 0.6) is 0 Å². The second-order valence-electron chi connectivity index (χ2n) is 6.64. The highest BCUT2D eigenvalue weighted by Gasteiger charge is 2.30. The van der Waals surface area contributed by atoms with Gasteiger partial charge in [-0.3, -0.25) is 0 Å². The summed E-state index contributed by atoms with van der Waals surface area (Å²) in [7, 11) is -3.65. The van der Waals surface area contributed by atoms with Crippen molar-refractivity contribution in [3.63, 3.8) is 0 Å². The number of aromatic nitrogens is 3. The van der Waals surface area contributed by atoms with Gasteiger partial charge in [-0.2, -0.15) is 9.29 Å². The molecule has 3 heterocycles. The molecule has 2 N–H and O–H groups in total. The van der Waals surface area contributed by atoms with Crippen LogP contribution in [0.3, 0.4) is 0 Å². The second-order valence-corrected chi connectivity index (χ2v) is 8.58. The highest BCUT2D eigenvalue weighted by molar-refractivity contribution is 7.89. The third-order valence-electron chi connectivity index (χ3n) is 4.92. The van der Waals surface area contributed by atoms with Crippen molar-refractivity contribution in [3.8, 4) is 0 Å². The smallest absolute Gasteiger partial charge is 0.323 e. The average molecular weight is 399 g/mol. The topological polar surface area (TPSA) is 115 Å². The van der Waals surface area contributed by atoms with Crippen molar-refractivity contribution in [2.24, 2.45) is 0 Å². The number of imidazole rings is 1. The third-order valence-corrected chi connectivity index (χ3v) is 6.81. The number of anilines is 1. The van der Waals surface area contributed by atoms with E-state index in [4.69, 9.17) is 4.42 Å². The summed E-state index contributed by atoms with van der Waals surface area (Å²) >= 11 is 0. The van der Waals surface area contributed by atoms with Gasteiger partial charge in [-0.05, 0) is 30.3 Å². The molecule has 10 heteroatoms. The Morgan fingerprint density at radius 2 is 1.71 bits per heavy atom. The van der Waals surface area contributed by atoms with Crippen LogP contribution < -0.4 is 10.6 Å². The number of hydrogen-bond acceptors (Lipinski definition) is 6. The van der Waals surface area contributed by atoms with Crippen molar-refractivity contribution in [3.05, 3.63) is 52.9 Å². The van der Waals surface area contributed by atoms with Gasteiger partial charge in [0.25, 0.3) is 6.01 Å². The first kappa shape index (κ1) is 17.0. The zero-order valence-corrected chi connectivity index (χ0v) is 15.6. The van der Waals surface area contributed by atoms with E-state index in [0.717, 1.165) is 5.52 Å². The molecule has 1 fully saturated rings. The quantitative estimate of drug-likeness (QED) is 0.540. The summed E-state index contributed by atoms with van der Waals surface area (Å²) in [4.78, 5) is 23.2. The van der Waals surface area contributed by atoms with Crippen molar-refractivity contribution in [2.45, 2.75) is 4.90 Å². The van der Waals surface area contributed by atoms with E-state index in [-0.39, 0.29) is 10.6 Å². The molecule has 5 rings (SSSR count). The van der Waals surface area contributed by atoms with Crippen LogP contribution in [-0.4, -0.2) is 53.9 Å². The van der Waals surface area contributed by atoms with Gasteiger partial charge in [0.1, 0.15) is 5.52 Å². The fourth-order valence-corrected chi connectivity index (χ4v) is 4.89. The van der Waals surface area contributed by atoms with E-state index in [1.54, 1.807) is 6.07 Å². The number of H-pyrrole nitrogens is 2. The molecular formula is C18H17N5O4S. The maximum Gasteiger partial charge on any atom is 0.323 e. The Bertz CT molecular complexity index is 1300. The summed E-state index contributed by atoms with van der Waals surface area (Å²) in [6.07, 6.45) is 0. The Labute approximate surface area is 159 Å². The molecule has 0 unspecified atom stereocenters. The van der Waals surface area contributed by atoms with Crippen molar-refractivity contribution in [1.29, 1.82) is 0 Å². The first-order chi connectivity index (χ1) is 13.5. The molecule has 0 radical (unpaired) electrons. The first-order valence-corrected chi connectivity index (χ1v) is 10.3. The SMILES string of the molecule is O=c1[nH]c2ccc(S(=O)(=O)N3CCN(c4nc5ccccc5o4)CC3)cc2[nH]1. The summed E-state index contributed by atoms with van der Waals surface area (Å²) in [6.45, 7) is 1.61. The largest absolute Gasteiger partial charge is 0.423 e. The molecule has 2 aromatic carbocycles. The Kier molecular flexibility index (Phi) is 3.78. The van der Waals surface area contributed by atoms with Gasteiger partial charge in [0, 0.05) is 26.2 Å². The highest BCUT2D eigenvalue weighted by atomic mass is 32.2. The van der Waals surface area contributed by atoms with Crippen molar-refractivity contribution in [2.75, 3.05) is 31.1 Å². The molecule has 0 aliphatic carbocycles. The summed E-state index contributed by atoms with van der Waals surface area (Å²) in [5, 5.41) is 0. The van der Waals surface area contributed by atoms with E-state index < -0.39 is 10.0 Å². The molecule has 9 nitrogen and oxygen atoms in total. The number of rotatable bonds is 3. The molecule has 144 valence electrons. The number of nitrogens with one attached hydrogen (secondary N) is 2. The summed E-state index contributed by atoms with van der Waals surface area (Å²) in [5.74, 6) is 0. The minimum atomic E-state index is -3.65. The molecule has 0 bridgehead atoms. The zero-order chi connectivity index (χ0) is 19.3. The number of benzene rings is 2. The van der Waals surface area contributed by atoms with Gasteiger partial charge >= 0.3 is 5.69 Å². The monoisotopic (exact) mass is 399 g/mol. The van der Waals surface area contributed by atoms with Crippen LogP contribution >= 0.6 is 0 Å². The number of oxazole rings is 1. The van der Waals surface area contributed by atoms with Gasteiger partial charge in [-0.1, -0.05) is 12.1 Å². The minimum Gasteiger partial charge on any atom is -0.423 e. The van der Waals surface area contributed by atoms with E-state index in [0.29, 0.717) is 48.8 Å². The van der Waals surface area contributed by atoms with Crippen LogP contribution in [0.25, 0.3) is 22.1 Å². The maximum atomic E-state index is 13.0. The van der Waals surface area contributed by atoms with Crippen LogP contribution in [0.2, 0.25) is 0 Å². The van der Waals surface area contributed by atoms with Crippen molar-refractivity contribution in [1.82, 2.24) is 19.3 Å². The van der Waals surface area contributed by atoms with E-state index in [1.807, 2.05) is 29.2 Å². The summed E-state index contributed by atoms with van der Waals surface area (Å²) < 4.78 is 33.2. The molecule has 1 aliphatic rings. The molecule has 1 saturated heterocycles. The van der Waals surface area contributed by atoms with Gasteiger partial charge in [0.15, 0.2) is 5.58 Å². The molecule has 0 spiro atoms. The van der Waals surface area contributed by atoms with Crippen molar-refractivity contribution >= 4 is 38.2 Å². The molecule has 4 aromatic rings. The summed E-state index contributed by atoms with van der Waals surface area (Å²) in [5.41, 5.74) is 2.17. The number of hydrogen-bond donors (Lipinski definition) is 2. The molecule has 0 atom stereocenters. The first-order valence-electron chi connectivity index (χ1n) is 8.83. The zero-order valence-electron chi connectivity index (χ0n) is 14.8. The Morgan fingerprint density at radius 1 is 0.964 bits per heavy atom. The van der Waals surface area contributed by atoms with E-state index in [1.165, 1.54) is 16.4 Å². The van der Waals surface area contributed by atoms with Gasteiger partial charge < -0.3 is 19.3 Å². The Hall–Kier alpha value is -3.11. The van der Waals surface area contributed by atoms with Crippen LogP contribution in [-0.2, 0) is 10.0 Å². The minimum absolute atomic E-state index is 0.158. The second kappa shape index (κ2) is 6.21. The lowest BCUT2D eigenvalue weighted by Gasteiger charge is -2.33. The standard InChI is InChI=1S/C18H17N5O4S/c24-17-19-13-6-5-12(11-15(13)20-17)28(25,26)23-9-7-22(8-10-23)18-21-14-3-1-2-4-16(14)27-18/h1-6,11H,7-10H2,(H2,19,20,24). The van der Waals surface area contributed by atoms with Crippen molar-refractivity contribution < 1.29 is 12.8 Å². The maximum absolute atomic E-state index is 13.0. The predicted molar refractivity (Wildman–Crippen MR) is 104 cm³/mol. The number of para-hydroxylation sites is 2. The van der Waals surface area contributed by atoms with Crippen LogP contribution in [0, 0.1) is 0 Å². The number of piperazine rings is 1. The van der Waals surface area contributed by atoms with Gasteiger partial charge in [-0.25, -0.2) is 13.2 Å². The van der Waals surface area contributed by atoms with Gasteiger partial charge in [0.2, 0.25) is 10.0 Å². The molecule has 2 aromatic heterocycles. The fourth-order valence-electron chi connectivity index (χ4n) is 3.44. The molecule has 28 heavy (non-hydrogen) atoms. The van der Waals surface area contributed by atoms with E-state index in [2.05, 4.69) is 15.0 Å². The number of sulfonamides is 1. The number of nitrogens with zero attached hydrogens (tertiary/aromatic N) is 3. The number of aromatic amines is 2. The third kappa shape index (κ3) is 2.77. The fraction of sp³-hybridized carbons (Fsp3) is 0.222. The summed E-state index contributed by atoms with van der Waals surface area (Å²) in [6, 6.07) is 12.6. The van der Waals surface area contributed by atoms with Gasteiger partial charge in [-0.15, -0.1) is 0 Å². The molecular weight excluding hydrogens is 382 g/mol.